The van der Waals surface area contributed by atoms with E-state index in [0.717, 1.165) is 4.90 Å². The second-order valence-electron chi connectivity index (χ2n) is 4.32. The molecule has 1 heterocycles. The topological polar surface area (TPSA) is 72.9 Å². The lowest BCUT2D eigenvalue weighted by atomic mass is 10.1. The van der Waals surface area contributed by atoms with E-state index in [4.69, 9.17) is 9.47 Å². The first kappa shape index (κ1) is 14.0. The van der Waals surface area contributed by atoms with Crippen LogP contribution in [0.5, 0.6) is 5.75 Å². The lowest BCUT2D eigenvalue weighted by molar-refractivity contribution is -0.145. The van der Waals surface area contributed by atoms with E-state index in [-0.39, 0.29) is 12.2 Å². The van der Waals surface area contributed by atoms with Gasteiger partial charge in [0.25, 0.3) is 11.7 Å². The van der Waals surface area contributed by atoms with Crippen molar-refractivity contribution in [3.8, 4) is 5.75 Å². The average molecular weight is 277 g/mol. The van der Waals surface area contributed by atoms with E-state index in [0.29, 0.717) is 11.4 Å². The molecular formula is C14H15NO5. The fourth-order valence-electron chi connectivity index (χ4n) is 2.12. The van der Waals surface area contributed by atoms with Gasteiger partial charge in [-0.2, -0.15) is 0 Å². The first-order valence-electron chi connectivity index (χ1n) is 6.23. The van der Waals surface area contributed by atoms with Crippen LogP contribution in [0.2, 0.25) is 0 Å². The van der Waals surface area contributed by atoms with Gasteiger partial charge in [-0.15, -0.1) is 0 Å². The molecule has 1 aromatic rings. The Morgan fingerprint density at radius 1 is 1.35 bits per heavy atom. The summed E-state index contributed by atoms with van der Waals surface area (Å²) in [5, 5.41) is 0. The first-order chi connectivity index (χ1) is 9.51. The molecule has 0 N–H and O–H groups in total. The van der Waals surface area contributed by atoms with Gasteiger partial charge >= 0.3 is 5.97 Å². The number of hydrogen-bond acceptors (Lipinski definition) is 5. The van der Waals surface area contributed by atoms with E-state index < -0.39 is 23.7 Å². The van der Waals surface area contributed by atoms with Crippen LogP contribution in [0.25, 0.3) is 0 Å². The minimum atomic E-state index is -0.846. The lowest BCUT2D eigenvalue weighted by Crippen LogP contribution is -2.43. The highest BCUT2D eigenvalue weighted by molar-refractivity contribution is 6.52. The van der Waals surface area contributed by atoms with Gasteiger partial charge in [0.2, 0.25) is 0 Å². The zero-order valence-corrected chi connectivity index (χ0v) is 11.5. The third-order valence-corrected chi connectivity index (χ3v) is 3.14. The minimum Gasteiger partial charge on any atom is -0.497 e. The molecule has 1 aliphatic rings. The highest BCUT2D eigenvalue weighted by Gasteiger charge is 2.41. The zero-order valence-electron chi connectivity index (χ0n) is 11.5. The Morgan fingerprint density at radius 2 is 2.05 bits per heavy atom. The molecule has 0 saturated heterocycles. The van der Waals surface area contributed by atoms with Crippen molar-refractivity contribution < 1.29 is 23.9 Å². The highest BCUT2D eigenvalue weighted by atomic mass is 16.5. The standard InChI is InChI=1S/C14H15NO5/c1-4-20-14(18)8(2)15-11-6-5-9(19-3)7-10(11)12(16)13(15)17/h5-8H,4H2,1-3H3. The second kappa shape index (κ2) is 5.32. The number of rotatable bonds is 4. The van der Waals surface area contributed by atoms with Crippen molar-refractivity contribution in [3.63, 3.8) is 0 Å². The van der Waals surface area contributed by atoms with Gasteiger partial charge in [0.15, 0.2) is 0 Å². The minimum absolute atomic E-state index is 0.217. The monoisotopic (exact) mass is 277 g/mol. The molecule has 6 heteroatoms. The number of carbonyl (C=O) groups is 3. The van der Waals surface area contributed by atoms with Crippen molar-refractivity contribution in [2.45, 2.75) is 19.9 Å². The highest BCUT2D eigenvalue weighted by Crippen LogP contribution is 2.33. The van der Waals surface area contributed by atoms with Crippen LogP contribution in [0, 0.1) is 0 Å². The molecule has 20 heavy (non-hydrogen) atoms. The van der Waals surface area contributed by atoms with Crippen LogP contribution in [0.3, 0.4) is 0 Å². The molecule has 1 amide bonds. The summed E-state index contributed by atoms with van der Waals surface area (Å²) in [6, 6.07) is 3.87. The van der Waals surface area contributed by atoms with E-state index in [1.807, 2.05) is 0 Å². The number of carbonyl (C=O) groups excluding carboxylic acids is 3. The Morgan fingerprint density at radius 3 is 2.65 bits per heavy atom. The van der Waals surface area contributed by atoms with Crippen molar-refractivity contribution in [1.29, 1.82) is 0 Å². The number of nitrogens with zero attached hydrogens (tertiary/aromatic N) is 1. The number of ether oxygens (including phenoxy) is 2. The summed E-state index contributed by atoms with van der Waals surface area (Å²) in [6.45, 7) is 3.43. The molecule has 0 bridgehead atoms. The van der Waals surface area contributed by atoms with Crippen LogP contribution in [-0.2, 0) is 14.3 Å². The van der Waals surface area contributed by atoms with Crippen LogP contribution in [-0.4, -0.2) is 37.4 Å². The van der Waals surface area contributed by atoms with E-state index in [1.165, 1.54) is 20.1 Å². The molecule has 1 aliphatic heterocycles. The maximum atomic E-state index is 12.0. The Kier molecular flexibility index (Phi) is 3.74. The third kappa shape index (κ3) is 2.13. The quantitative estimate of drug-likeness (QED) is 0.610. The molecule has 1 aromatic carbocycles. The molecule has 0 aromatic heterocycles. The van der Waals surface area contributed by atoms with Crippen molar-refractivity contribution in [2.24, 2.45) is 0 Å². The molecule has 1 atom stereocenters. The molecule has 0 saturated carbocycles. The fourth-order valence-corrected chi connectivity index (χ4v) is 2.12. The predicted molar refractivity (Wildman–Crippen MR) is 70.9 cm³/mol. The van der Waals surface area contributed by atoms with Crippen LogP contribution >= 0.6 is 0 Å². The molecule has 0 aliphatic carbocycles. The number of Topliss-reactive ketones (excluding diaryl/α,β-unsaturated/α-hetero) is 1. The molecule has 6 nitrogen and oxygen atoms in total. The summed E-state index contributed by atoms with van der Waals surface area (Å²) < 4.78 is 9.92. The zero-order chi connectivity index (χ0) is 14.9. The number of anilines is 1. The summed E-state index contributed by atoms with van der Waals surface area (Å²) in [6.07, 6.45) is 0. The molecular weight excluding hydrogens is 262 g/mol. The largest absolute Gasteiger partial charge is 0.497 e. The summed E-state index contributed by atoms with van der Waals surface area (Å²) in [7, 11) is 1.47. The second-order valence-corrected chi connectivity index (χ2v) is 4.32. The van der Waals surface area contributed by atoms with Gasteiger partial charge < -0.3 is 9.47 Å². The average Bonchev–Trinajstić information content (AvgIpc) is 2.70. The Balaban J connectivity index is 2.41. The number of ketones is 1. The first-order valence-corrected chi connectivity index (χ1v) is 6.23. The van der Waals surface area contributed by atoms with Crippen molar-refractivity contribution >= 4 is 23.3 Å². The van der Waals surface area contributed by atoms with Crippen LogP contribution in [0.1, 0.15) is 24.2 Å². The molecule has 0 spiro atoms. The number of hydrogen-bond donors (Lipinski definition) is 0. The lowest BCUT2D eigenvalue weighted by Gasteiger charge is -2.22. The Labute approximate surface area is 116 Å². The van der Waals surface area contributed by atoms with E-state index >= 15 is 0 Å². The van der Waals surface area contributed by atoms with E-state index in [1.54, 1.807) is 19.1 Å². The van der Waals surface area contributed by atoms with E-state index in [2.05, 4.69) is 0 Å². The maximum Gasteiger partial charge on any atom is 0.328 e. The predicted octanol–water partition coefficient (Wildman–Crippen LogP) is 1.18. The number of amides is 1. The normalized spacial score (nSPS) is 15.1. The van der Waals surface area contributed by atoms with Gasteiger partial charge in [-0.25, -0.2) is 4.79 Å². The summed E-state index contributed by atoms with van der Waals surface area (Å²) in [5.41, 5.74) is 0.645. The molecule has 2 rings (SSSR count). The third-order valence-electron chi connectivity index (χ3n) is 3.14. The van der Waals surface area contributed by atoms with Gasteiger partial charge in [0.1, 0.15) is 11.8 Å². The molecule has 1 unspecified atom stereocenters. The number of benzene rings is 1. The van der Waals surface area contributed by atoms with Crippen molar-refractivity contribution in [3.05, 3.63) is 23.8 Å². The van der Waals surface area contributed by atoms with Gasteiger partial charge in [-0.05, 0) is 32.0 Å². The number of esters is 1. The SMILES string of the molecule is CCOC(=O)C(C)N1C(=O)C(=O)c2cc(OC)ccc21. The maximum absolute atomic E-state index is 12.0. The van der Waals surface area contributed by atoms with Gasteiger partial charge in [-0.3, -0.25) is 14.5 Å². The van der Waals surface area contributed by atoms with Gasteiger partial charge in [0, 0.05) is 0 Å². The molecule has 0 fully saturated rings. The summed E-state index contributed by atoms with van der Waals surface area (Å²) >= 11 is 0. The van der Waals surface area contributed by atoms with E-state index in [9.17, 15) is 14.4 Å². The smallest absolute Gasteiger partial charge is 0.328 e. The Hall–Kier alpha value is -2.37. The molecule has 106 valence electrons. The number of fused-ring (bicyclic) bond motifs is 1. The Bertz CT molecular complexity index is 581. The number of methoxy groups -OCH3 is 1. The fraction of sp³-hybridized carbons (Fsp3) is 0.357. The van der Waals surface area contributed by atoms with Gasteiger partial charge in [0.05, 0.1) is 25.0 Å². The van der Waals surface area contributed by atoms with Crippen LogP contribution in [0.15, 0.2) is 18.2 Å². The summed E-state index contributed by atoms with van der Waals surface area (Å²) in [4.78, 5) is 36.9. The van der Waals surface area contributed by atoms with Crippen molar-refractivity contribution in [2.75, 3.05) is 18.6 Å². The molecule has 0 radical (unpaired) electrons. The van der Waals surface area contributed by atoms with Crippen LogP contribution in [0.4, 0.5) is 5.69 Å². The summed E-state index contributed by atoms with van der Waals surface area (Å²) in [5.74, 6) is -1.43. The van der Waals surface area contributed by atoms with Crippen LogP contribution < -0.4 is 9.64 Å². The van der Waals surface area contributed by atoms with Gasteiger partial charge in [-0.1, -0.05) is 0 Å². The van der Waals surface area contributed by atoms with Crippen molar-refractivity contribution in [1.82, 2.24) is 0 Å².